The van der Waals surface area contributed by atoms with Crippen LogP contribution in [0.5, 0.6) is 0 Å². The summed E-state index contributed by atoms with van der Waals surface area (Å²) in [4.78, 5) is 39.7. The zero-order valence-electron chi connectivity index (χ0n) is 42.7. The number of unbranched alkanes of at least 4 members (excludes halogenated alkanes) is 28. The number of amides is 1. The topological polar surface area (TPSA) is 114 Å². The van der Waals surface area contributed by atoms with E-state index in [1.165, 1.54) is 116 Å². The zero-order chi connectivity index (χ0) is 47.3. The summed E-state index contributed by atoms with van der Waals surface area (Å²) < 4.78 is 30.1. The first-order valence-corrected chi connectivity index (χ1v) is 28.3. The van der Waals surface area contributed by atoms with Gasteiger partial charge in [0.15, 0.2) is 0 Å². The number of hydrogen-bond acceptors (Lipinski definition) is 7. The van der Waals surface area contributed by atoms with Crippen LogP contribution in [0.2, 0.25) is 0 Å². The van der Waals surface area contributed by atoms with Gasteiger partial charge in [0.05, 0.1) is 33.8 Å². The molecule has 0 aliphatic rings. The number of ether oxygens (including phenoxy) is 1. The number of rotatable bonds is 48. The number of allylic oxidation sites excluding steroid dienone is 5. The zero-order valence-corrected chi connectivity index (χ0v) is 43.6. The van der Waals surface area contributed by atoms with Crippen molar-refractivity contribution in [3.05, 3.63) is 36.5 Å². The molecule has 10 heteroatoms. The van der Waals surface area contributed by atoms with Gasteiger partial charge in [0.1, 0.15) is 19.3 Å². The molecule has 3 unspecified atom stereocenters. The van der Waals surface area contributed by atoms with Gasteiger partial charge < -0.3 is 28.5 Å². The van der Waals surface area contributed by atoms with Gasteiger partial charge in [-0.05, 0) is 76.7 Å². The molecule has 9 nitrogen and oxygen atoms in total. The van der Waals surface area contributed by atoms with E-state index in [4.69, 9.17) is 13.8 Å². The van der Waals surface area contributed by atoms with Crippen LogP contribution in [0.4, 0.5) is 0 Å². The quantitative estimate of drug-likeness (QED) is 0.0212. The molecule has 0 spiro atoms. The fourth-order valence-electron chi connectivity index (χ4n) is 7.55. The van der Waals surface area contributed by atoms with Gasteiger partial charge >= 0.3 is 5.97 Å². The van der Waals surface area contributed by atoms with Gasteiger partial charge in [-0.15, -0.1) is 0 Å². The van der Waals surface area contributed by atoms with Gasteiger partial charge in [-0.2, -0.15) is 0 Å². The average Bonchev–Trinajstić information content (AvgIpc) is 3.25. The number of carbonyl (C=O) groups excluding carboxylic acids is 2. The fourth-order valence-corrected chi connectivity index (χ4v) is 8.28. The van der Waals surface area contributed by atoms with Gasteiger partial charge in [0.2, 0.25) is 5.91 Å². The maximum absolute atomic E-state index is 13.4. The number of nitrogens with one attached hydrogen (secondary N) is 1. The highest BCUT2D eigenvalue weighted by molar-refractivity contribution is 7.45. The summed E-state index contributed by atoms with van der Waals surface area (Å²) in [5.74, 6) is -0.555. The smallest absolute Gasteiger partial charge is 0.306 e. The van der Waals surface area contributed by atoms with Gasteiger partial charge in [0.25, 0.3) is 7.82 Å². The van der Waals surface area contributed by atoms with Crippen LogP contribution >= 0.6 is 7.82 Å². The number of phosphoric ester groups is 1. The molecule has 376 valence electrons. The minimum atomic E-state index is -4.69. The molecule has 0 aliphatic heterocycles. The molecule has 0 fully saturated rings. The third kappa shape index (κ3) is 45.4. The van der Waals surface area contributed by atoms with Crippen molar-refractivity contribution in [2.24, 2.45) is 0 Å². The summed E-state index contributed by atoms with van der Waals surface area (Å²) >= 11 is 0. The van der Waals surface area contributed by atoms with E-state index in [2.05, 4.69) is 50.4 Å². The largest absolute Gasteiger partial charge is 0.756 e. The SMILES string of the molecule is CCCC/C=C\CCCCCCCC(=O)NC(COP(=O)([O-])OCC[N+](C)(C)C)C(/C=C/CCCCCCCCCCCC)OC(=O)CCCCCCCCC/C=C\CCCCCC. The Bertz CT molecular complexity index is 1200. The van der Waals surface area contributed by atoms with E-state index < -0.39 is 26.6 Å². The number of nitrogens with zero attached hydrogens (tertiary/aromatic N) is 1. The molecule has 0 saturated carbocycles. The van der Waals surface area contributed by atoms with Crippen LogP contribution in [0.1, 0.15) is 245 Å². The minimum absolute atomic E-state index is 0.0236. The first-order chi connectivity index (χ1) is 30.9. The van der Waals surface area contributed by atoms with Crippen molar-refractivity contribution in [2.45, 2.75) is 258 Å². The maximum atomic E-state index is 13.4. The fraction of sp³-hybridized carbons (Fsp3) is 0.852. The third-order valence-electron chi connectivity index (χ3n) is 11.8. The van der Waals surface area contributed by atoms with E-state index in [1.54, 1.807) is 0 Å². The number of likely N-dealkylation sites (N-methyl/N-ethyl adjacent to an activating group) is 1. The summed E-state index contributed by atoms with van der Waals surface area (Å²) in [5, 5.41) is 3.00. The lowest BCUT2D eigenvalue weighted by molar-refractivity contribution is -0.870. The Morgan fingerprint density at radius 1 is 0.531 bits per heavy atom. The summed E-state index contributed by atoms with van der Waals surface area (Å²) in [7, 11) is 1.18. The van der Waals surface area contributed by atoms with Crippen molar-refractivity contribution >= 4 is 19.7 Å². The number of carbonyl (C=O) groups is 2. The van der Waals surface area contributed by atoms with E-state index in [9.17, 15) is 19.0 Å². The van der Waals surface area contributed by atoms with Crippen molar-refractivity contribution in [3.63, 3.8) is 0 Å². The van der Waals surface area contributed by atoms with Crippen LogP contribution in [-0.4, -0.2) is 69.4 Å². The minimum Gasteiger partial charge on any atom is -0.756 e. The standard InChI is InChI=1S/C54H103N2O7P/c1-7-10-13-16-19-22-25-27-28-29-32-35-38-41-44-47-54(58)63-52(45-42-39-36-33-31-26-23-20-17-14-11-8-2)51(50-62-64(59,60)61-49-48-56(4,5)6)55-53(57)46-43-40-37-34-30-24-21-18-15-12-9-3/h18,21-22,25,42,45,51-52H,7-17,19-20,23-24,26-41,43-44,46-50H2,1-6H3,(H-,55,57,59,60)/b21-18-,25-22-,45-42+. The van der Waals surface area contributed by atoms with Crippen LogP contribution in [-0.2, 0) is 27.9 Å². The van der Waals surface area contributed by atoms with Crippen LogP contribution in [0.25, 0.3) is 0 Å². The van der Waals surface area contributed by atoms with Crippen molar-refractivity contribution in [1.82, 2.24) is 5.32 Å². The second-order valence-electron chi connectivity index (χ2n) is 19.4. The van der Waals surface area contributed by atoms with Crippen LogP contribution in [0.3, 0.4) is 0 Å². The normalized spacial score (nSPS) is 14.2. The first kappa shape index (κ1) is 62.2. The van der Waals surface area contributed by atoms with Gasteiger partial charge in [0, 0.05) is 12.8 Å². The van der Waals surface area contributed by atoms with E-state index in [-0.39, 0.29) is 24.9 Å². The molecule has 0 saturated heterocycles. The highest BCUT2D eigenvalue weighted by atomic mass is 31.2. The molecule has 0 bridgehead atoms. The lowest BCUT2D eigenvalue weighted by atomic mass is 10.0. The lowest BCUT2D eigenvalue weighted by Crippen LogP contribution is -2.47. The van der Waals surface area contributed by atoms with Crippen molar-refractivity contribution in [1.29, 1.82) is 0 Å². The van der Waals surface area contributed by atoms with Crippen molar-refractivity contribution < 1.29 is 37.3 Å². The molecule has 0 aliphatic carbocycles. The molecule has 0 aromatic carbocycles. The summed E-state index contributed by atoms with van der Waals surface area (Å²) in [6, 6.07) is -0.889. The van der Waals surface area contributed by atoms with Gasteiger partial charge in [-0.1, -0.05) is 192 Å². The number of hydrogen-bond donors (Lipinski definition) is 1. The third-order valence-corrected chi connectivity index (χ3v) is 12.8. The predicted molar refractivity (Wildman–Crippen MR) is 270 cm³/mol. The molecule has 1 amide bonds. The molecular formula is C54H103N2O7P. The van der Waals surface area contributed by atoms with E-state index in [0.29, 0.717) is 17.4 Å². The van der Waals surface area contributed by atoms with E-state index in [1.807, 2.05) is 33.3 Å². The predicted octanol–water partition coefficient (Wildman–Crippen LogP) is 15.0. The van der Waals surface area contributed by atoms with E-state index >= 15 is 0 Å². The van der Waals surface area contributed by atoms with Crippen LogP contribution < -0.4 is 10.2 Å². The number of quaternary nitrogens is 1. The van der Waals surface area contributed by atoms with E-state index in [0.717, 1.165) is 96.3 Å². The Labute approximate surface area is 396 Å². The number of esters is 1. The van der Waals surface area contributed by atoms with Crippen molar-refractivity contribution in [2.75, 3.05) is 40.9 Å². The monoisotopic (exact) mass is 923 g/mol. The molecule has 0 heterocycles. The molecular weight excluding hydrogens is 820 g/mol. The highest BCUT2D eigenvalue weighted by Gasteiger charge is 2.27. The number of phosphoric acid groups is 1. The summed E-state index contributed by atoms with van der Waals surface area (Å²) in [6.07, 6.45) is 51.0. The molecule has 0 aromatic heterocycles. The second-order valence-corrected chi connectivity index (χ2v) is 20.8. The highest BCUT2D eigenvalue weighted by Crippen LogP contribution is 2.38. The van der Waals surface area contributed by atoms with Crippen LogP contribution in [0.15, 0.2) is 36.5 Å². The van der Waals surface area contributed by atoms with Crippen LogP contribution in [0, 0.1) is 0 Å². The molecule has 0 aromatic rings. The Morgan fingerprint density at radius 3 is 1.39 bits per heavy atom. The van der Waals surface area contributed by atoms with Gasteiger partial charge in [-0.3, -0.25) is 14.2 Å². The Kier molecular flexibility index (Phi) is 43.8. The second kappa shape index (κ2) is 45.0. The first-order valence-electron chi connectivity index (χ1n) is 26.8. The molecule has 0 rings (SSSR count). The molecule has 3 atom stereocenters. The Hall–Kier alpha value is -1.77. The Balaban J connectivity index is 5.41. The summed E-state index contributed by atoms with van der Waals surface area (Å²) in [5.41, 5.74) is 0. The Morgan fingerprint density at radius 2 is 0.922 bits per heavy atom. The maximum Gasteiger partial charge on any atom is 0.306 e. The summed E-state index contributed by atoms with van der Waals surface area (Å²) in [6.45, 7) is 6.77. The van der Waals surface area contributed by atoms with Gasteiger partial charge in [-0.25, -0.2) is 0 Å². The molecule has 64 heavy (non-hydrogen) atoms. The molecule has 1 N–H and O–H groups in total. The lowest BCUT2D eigenvalue weighted by Gasteiger charge is -2.30. The average molecular weight is 923 g/mol. The van der Waals surface area contributed by atoms with Crippen molar-refractivity contribution in [3.8, 4) is 0 Å². The molecule has 0 radical (unpaired) electrons.